The molecule has 2 amide bonds. The van der Waals surface area contributed by atoms with Crippen molar-refractivity contribution in [2.75, 3.05) is 20.7 Å². The lowest BCUT2D eigenvalue weighted by molar-refractivity contribution is -0.384. The fourth-order valence-electron chi connectivity index (χ4n) is 3.82. The molecule has 2 N–H and O–H groups in total. The van der Waals surface area contributed by atoms with E-state index in [9.17, 15) is 28.1 Å². The SMILES string of the molecule is CCS(=O)(=O)Nc1ccc(NC(=C2C(=O)N(C(C)=O)c3ccc([N+](=O)[O-])cc32)c2ccccc2)cc1. The number of amides is 2. The number of anilines is 3. The molecule has 1 heterocycles. The number of nitro groups is 1. The standard InChI is InChI=1S/C25H22N4O6S/c1-3-36(34,35)27-19-11-9-18(10-12-19)26-24(17-7-5-4-6-8-17)23-21-15-20(29(32)33)13-14-22(21)28(16(2)30)25(23)31/h4-15,26-27H,3H2,1-2H3. The van der Waals surface area contributed by atoms with Crippen molar-refractivity contribution in [1.82, 2.24) is 0 Å². The van der Waals surface area contributed by atoms with Crippen LogP contribution in [0.5, 0.6) is 0 Å². The fourth-order valence-corrected chi connectivity index (χ4v) is 4.46. The number of hydrogen-bond donors (Lipinski definition) is 2. The molecule has 4 rings (SSSR count). The Kier molecular flexibility index (Phi) is 6.58. The van der Waals surface area contributed by atoms with Gasteiger partial charge in [-0.25, -0.2) is 13.3 Å². The van der Waals surface area contributed by atoms with Crippen LogP contribution in [-0.4, -0.2) is 30.9 Å². The molecule has 0 spiro atoms. The van der Waals surface area contributed by atoms with E-state index in [0.29, 0.717) is 22.6 Å². The van der Waals surface area contributed by atoms with Gasteiger partial charge in [0.25, 0.3) is 11.6 Å². The second-order valence-corrected chi connectivity index (χ2v) is 9.95. The molecule has 36 heavy (non-hydrogen) atoms. The Morgan fingerprint density at radius 2 is 1.64 bits per heavy atom. The minimum atomic E-state index is -3.45. The molecule has 0 saturated carbocycles. The van der Waals surface area contributed by atoms with Crippen molar-refractivity contribution in [3.05, 3.63) is 94.0 Å². The molecule has 11 heteroatoms. The summed E-state index contributed by atoms with van der Waals surface area (Å²) in [4.78, 5) is 37.7. The van der Waals surface area contributed by atoms with Crippen LogP contribution in [0, 0.1) is 10.1 Å². The maximum absolute atomic E-state index is 13.5. The molecule has 0 aromatic heterocycles. The Labute approximate surface area is 207 Å². The number of benzene rings is 3. The van der Waals surface area contributed by atoms with Gasteiger partial charge in [-0.05, 0) is 42.8 Å². The van der Waals surface area contributed by atoms with E-state index in [4.69, 9.17) is 0 Å². The third-order valence-corrected chi connectivity index (χ3v) is 6.86. The summed E-state index contributed by atoms with van der Waals surface area (Å²) in [6.45, 7) is 2.78. The van der Waals surface area contributed by atoms with E-state index in [1.54, 1.807) is 54.6 Å². The predicted octanol–water partition coefficient (Wildman–Crippen LogP) is 4.23. The molecule has 0 bridgehead atoms. The Morgan fingerprint density at radius 3 is 2.22 bits per heavy atom. The van der Waals surface area contributed by atoms with Crippen molar-refractivity contribution >= 4 is 55.9 Å². The number of nitro benzene ring substituents is 1. The van der Waals surface area contributed by atoms with Gasteiger partial charge >= 0.3 is 0 Å². The predicted molar refractivity (Wildman–Crippen MR) is 138 cm³/mol. The lowest BCUT2D eigenvalue weighted by atomic mass is 9.99. The van der Waals surface area contributed by atoms with Crippen molar-refractivity contribution in [3.63, 3.8) is 0 Å². The first-order chi connectivity index (χ1) is 17.1. The summed E-state index contributed by atoms with van der Waals surface area (Å²) in [5, 5.41) is 14.6. The summed E-state index contributed by atoms with van der Waals surface area (Å²) < 4.78 is 26.2. The highest BCUT2D eigenvalue weighted by Crippen LogP contribution is 2.42. The van der Waals surface area contributed by atoms with Crippen molar-refractivity contribution < 1.29 is 22.9 Å². The molecule has 0 fully saturated rings. The van der Waals surface area contributed by atoms with E-state index in [2.05, 4.69) is 10.0 Å². The number of nitrogens with zero attached hydrogens (tertiary/aromatic N) is 2. The first-order valence-electron chi connectivity index (χ1n) is 10.9. The Morgan fingerprint density at radius 1 is 1.00 bits per heavy atom. The molecule has 10 nitrogen and oxygen atoms in total. The minimum absolute atomic E-state index is 0.0719. The lowest BCUT2D eigenvalue weighted by Crippen LogP contribution is -2.31. The molecular formula is C25H22N4O6S. The summed E-state index contributed by atoms with van der Waals surface area (Å²) in [6, 6.07) is 19.2. The lowest BCUT2D eigenvalue weighted by Gasteiger charge is -2.16. The van der Waals surface area contributed by atoms with Gasteiger partial charge in [-0.1, -0.05) is 30.3 Å². The molecular weight excluding hydrogens is 484 g/mol. The highest BCUT2D eigenvalue weighted by Gasteiger charge is 2.38. The number of hydrogen-bond acceptors (Lipinski definition) is 7. The van der Waals surface area contributed by atoms with E-state index in [-0.39, 0.29) is 28.3 Å². The molecule has 1 aliphatic rings. The van der Waals surface area contributed by atoms with Gasteiger partial charge in [-0.3, -0.25) is 24.4 Å². The highest BCUT2D eigenvalue weighted by atomic mass is 32.2. The molecule has 3 aromatic carbocycles. The second-order valence-electron chi connectivity index (χ2n) is 7.94. The Hall–Kier alpha value is -4.51. The van der Waals surface area contributed by atoms with Crippen LogP contribution in [0.3, 0.4) is 0 Å². The summed E-state index contributed by atoms with van der Waals surface area (Å²) >= 11 is 0. The second kappa shape index (κ2) is 9.62. The van der Waals surface area contributed by atoms with E-state index >= 15 is 0 Å². The molecule has 0 radical (unpaired) electrons. The highest BCUT2D eigenvalue weighted by molar-refractivity contribution is 7.92. The zero-order chi connectivity index (χ0) is 26.0. The quantitative estimate of drug-likeness (QED) is 0.278. The van der Waals surface area contributed by atoms with E-state index in [0.717, 1.165) is 4.90 Å². The molecule has 0 saturated heterocycles. The minimum Gasteiger partial charge on any atom is -0.354 e. The molecule has 3 aromatic rings. The van der Waals surface area contributed by atoms with Gasteiger partial charge < -0.3 is 5.32 Å². The number of imide groups is 1. The zero-order valence-corrected chi connectivity index (χ0v) is 20.2. The van der Waals surface area contributed by atoms with Gasteiger partial charge in [0.1, 0.15) is 0 Å². The number of non-ortho nitro benzene ring substituents is 1. The molecule has 184 valence electrons. The van der Waals surface area contributed by atoms with Crippen LogP contribution in [0.2, 0.25) is 0 Å². The summed E-state index contributed by atoms with van der Waals surface area (Å²) in [5.41, 5.74) is 2.25. The van der Waals surface area contributed by atoms with E-state index in [1.165, 1.54) is 32.0 Å². The van der Waals surface area contributed by atoms with Crippen LogP contribution >= 0.6 is 0 Å². The van der Waals surface area contributed by atoms with Gasteiger partial charge in [0.15, 0.2) is 0 Å². The number of fused-ring (bicyclic) bond motifs is 1. The first kappa shape index (κ1) is 24.6. The van der Waals surface area contributed by atoms with Gasteiger partial charge in [0.05, 0.1) is 27.6 Å². The van der Waals surface area contributed by atoms with Crippen LogP contribution < -0.4 is 14.9 Å². The summed E-state index contributed by atoms with van der Waals surface area (Å²) in [5.74, 6) is -1.21. The van der Waals surface area contributed by atoms with Crippen LogP contribution in [-0.2, 0) is 19.6 Å². The number of rotatable bonds is 7. The van der Waals surface area contributed by atoms with Gasteiger partial charge in [0, 0.05) is 36.0 Å². The average molecular weight is 507 g/mol. The zero-order valence-electron chi connectivity index (χ0n) is 19.4. The van der Waals surface area contributed by atoms with Crippen molar-refractivity contribution in [2.24, 2.45) is 0 Å². The number of sulfonamides is 1. The Balaban J connectivity index is 1.87. The maximum Gasteiger partial charge on any atom is 0.270 e. The number of nitrogens with one attached hydrogen (secondary N) is 2. The average Bonchev–Trinajstić information content (AvgIpc) is 3.15. The van der Waals surface area contributed by atoms with E-state index in [1.807, 2.05) is 0 Å². The van der Waals surface area contributed by atoms with Crippen LogP contribution in [0.1, 0.15) is 25.0 Å². The van der Waals surface area contributed by atoms with Crippen molar-refractivity contribution in [1.29, 1.82) is 0 Å². The molecule has 0 atom stereocenters. The largest absolute Gasteiger partial charge is 0.354 e. The molecule has 0 unspecified atom stereocenters. The van der Waals surface area contributed by atoms with E-state index < -0.39 is 26.8 Å². The first-order valence-corrected chi connectivity index (χ1v) is 12.6. The van der Waals surface area contributed by atoms with Crippen LogP contribution in [0.4, 0.5) is 22.7 Å². The van der Waals surface area contributed by atoms with Crippen molar-refractivity contribution in [3.8, 4) is 0 Å². The summed E-state index contributed by atoms with van der Waals surface area (Å²) in [7, 11) is -3.45. The third-order valence-electron chi connectivity index (χ3n) is 5.55. The molecule has 1 aliphatic heterocycles. The topological polar surface area (TPSA) is 139 Å². The fraction of sp³-hybridized carbons (Fsp3) is 0.120. The van der Waals surface area contributed by atoms with Crippen LogP contribution in [0.15, 0.2) is 72.8 Å². The maximum atomic E-state index is 13.5. The number of carbonyl (C=O) groups is 2. The van der Waals surface area contributed by atoms with Crippen molar-refractivity contribution in [2.45, 2.75) is 13.8 Å². The van der Waals surface area contributed by atoms with Gasteiger partial charge in [-0.15, -0.1) is 0 Å². The third kappa shape index (κ3) is 4.82. The summed E-state index contributed by atoms with van der Waals surface area (Å²) in [6.07, 6.45) is 0. The van der Waals surface area contributed by atoms with Crippen LogP contribution in [0.25, 0.3) is 11.3 Å². The van der Waals surface area contributed by atoms with Gasteiger partial charge in [0.2, 0.25) is 15.9 Å². The monoisotopic (exact) mass is 506 g/mol. The van der Waals surface area contributed by atoms with Gasteiger partial charge in [-0.2, -0.15) is 0 Å². The molecule has 0 aliphatic carbocycles. The smallest absolute Gasteiger partial charge is 0.270 e. The Bertz CT molecular complexity index is 1500. The number of carbonyl (C=O) groups excluding carboxylic acids is 2. The normalized spacial score (nSPS) is 14.3.